The van der Waals surface area contributed by atoms with Crippen LogP contribution in [-0.4, -0.2) is 84.2 Å². The molecule has 1 N–H and O–H groups in total. The summed E-state index contributed by atoms with van der Waals surface area (Å²) in [4.78, 5) is 18.0. The van der Waals surface area contributed by atoms with Gasteiger partial charge < -0.3 is 10.0 Å². The first-order valence-electron chi connectivity index (χ1n) is 6.73. The van der Waals surface area contributed by atoms with E-state index >= 15 is 0 Å². The van der Waals surface area contributed by atoms with Crippen molar-refractivity contribution in [2.24, 2.45) is 0 Å². The van der Waals surface area contributed by atoms with Gasteiger partial charge in [0.15, 0.2) is 0 Å². The fourth-order valence-electron chi connectivity index (χ4n) is 2.14. The van der Waals surface area contributed by atoms with Crippen molar-refractivity contribution in [2.75, 3.05) is 52.9 Å². The van der Waals surface area contributed by atoms with Crippen LogP contribution in [0.5, 0.6) is 0 Å². The summed E-state index contributed by atoms with van der Waals surface area (Å²) in [5.41, 5.74) is -0.638. The Morgan fingerprint density at radius 3 is 2.17 bits per heavy atom. The maximum Gasteiger partial charge on any atom is 0.236 e. The van der Waals surface area contributed by atoms with E-state index in [1.807, 2.05) is 27.8 Å². The van der Waals surface area contributed by atoms with E-state index in [-0.39, 0.29) is 5.91 Å². The smallest absolute Gasteiger partial charge is 0.236 e. The van der Waals surface area contributed by atoms with Gasteiger partial charge in [-0.2, -0.15) is 0 Å². The van der Waals surface area contributed by atoms with Crippen molar-refractivity contribution in [2.45, 2.75) is 26.4 Å². The molecule has 1 heterocycles. The Kier molecular flexibility index (Phi) is 5.56. The van der Waals surface area contributed by atoms with Crippen molar-refractivity contribution in [3.63, 3.8) is 0 Å². The summed E-state index contributed by atoms with van der Waals surface area (Å²) in [6.07, 6.45) is 0. The number of aliphatic hydroxyl groups is 1. The van der Waals surface area contributed by atoms with Crippen LogP contribution < -0.4 is 0 Å². The predicted molar refractivity (Wildman–Crippen MR) is 72.5 cm³/mol. The Hall–Kier alpha value is -0.650. The molecule has 0 aliphatic carbocycles. The van der Waals surface area contributed by atoms with Crippen LogP contribution in [0.25, 0.3) is 0 Å². The Balaban J connectivity index is 2.29. The first-order valence-corrected chi connectivity index (χ1v) is 6.73. The standard InChI is InChI=1S/C13H27N3O2/c1-5-14(4)12(17)10-15-6-8-16(9-7-15)11-13(2,3)18/h18H,5-11H2,1-4H3. The average Bonchev–Trinajstić information content (AvgIpc) is 2.28. The summed E-state index contributed by atoms with van der Waals surface area (Å²) in [5.74, 6) is 0.188. The molecular formula is C13H27N3O2. The molecule has 5 nitrogen and oxygen atoms in total. The number of nitrogens with zero attached hydrogens (tertiary/aromatic N) is 3. The lowest BCUT2D eigenvalue weighted by atomic mass is 10.1. The van der Waals surface area contributed by atoms with Crippen molar-refractivity contribution in [3.05, 3.63) is 0 Å². The van der Waals surface area contributed by atoms with Gasteiger partial charge in [-0.1, -0.05) is 0 Å². The van der Waals surface area contributed by atoms with Crippen LogP contribution in [0.3, 0.4) is 0 Å². The number of hydrogen-bond acceptors (Lipinski definition) is 4. The van der Waals surface area contributed by atoms with Gasteiger partial charge in [0.2, 0.25) is 5.91 Å². The number of carbonyl (C=O) groups excluding carboxylic acids is 1. The zero-order valence-corrected chi connectivity index (χ0v) is 12.1. The van der Waals surface area contributed by atoms with E-state index in [1.165, 1.54) is 0 Å². The molecule has 106 valence electrons. The van der Waals surface area contributed by atoms with E-state index in [0.717, 1.165) is 32.7 Å². The third kappa shape index (κ3) is 5.33. The summed E-state index contributed by atoms with van der Waals surface area (Å²) in [6.45, 7) is 11.3. The number of likely N-dealkylation sites (N-methyl/N-ethyl adjacent to an activating group) is 1. The Bertz CT molecular complexity index is 268. The maximum atomic E-state index is 11.8. The van der Waals surface area contributed by atoms with Gasteiger partial charge in [-0.15, -0.1) is 0 Å². The van der Waals surface area contributed by atoms with E-state index in [0.29, 0.717) is 13.1 Å². The van der Waals surface area contributed by atoms with Gasteiger partial charge in [0.05, 0.1) is 12.1 Å². The highest BCUT2D eigenvalue weighted by Crippen LogP contribution is 2.08. The molecule has 0 saturated carbocycles. The van der Waals surface area contributed by atoms with Gasteiger partial charge in [-0.05, 0) is 20.8 Å². The van der Waals surface area contributed by atoms with Crippen LogP contribution in [-0.2, 0) is 4.79 Å². The highest BCUT2D eigenvalue weighted by molar-refractivity contribution is 5.77. The molecule has 0 aromatic carbocycles. The fourth-order valence-corrected chi connectivity index (χ4v) is 2.14. The van der Waals surface area contributed by atoms with E-state index in [4.69, 9.17) is 0 Å². The second kappa shape index (κ2) is 6.50. The zero-order chi connectivity index (χ0) is 13.8. The molecule has 0 radical (unpaired) electrons. The van der Waals surface area contributed by atoms with Crippen LogP contribution in [0.4, 0.5) is 0 Å². The van der Waals surface area contributed by atoms with E-state index < -0.39 is 5.60 Å². The molecule has 1 saturated heterocycles. The molecule has 1 aliphatic heterocycles. The second-order valence-electron chi connectivity index (χ2n) is 5.77. The van der Waals surface area contributed by atoms with E-state index in [9.17, 15) is 9.90 Å². The minimum Gasteiger partial charge on any atom is -0.389 e. The first kappa shape index (κ1) is 15.4. The number of carbonyl (C=O) groups is 1. The number of piperazine rings is 1. The molecule has 0 spiro atoms. The second-order valence-corrected chi connectivity index (χ2v) is 5.77. The molecule has 0 aromatic heterocycles. The minimum atomic E-state index is -0.638. The fraction of sp³-hybridized carbons (Fsp3) is 0.923. The van der Waals surface area contributed by atoms with Crippen LogP contribution in [0, 0.1) is 0 Å². The summed E-state index contributed by atoms with van der Waals surface area (Å²) in [6, 6.07) is 0. The number of β-amino-alcohol motifs (C(OH)–C–C–N with tert-alkyl or cyclic N) is 1. The van der Waals surface area contributed by atoms with Crippen molar-refractivity contribution >= 4 is 5.91 Å². The highest BCUT2D eigenvalue weighted by Gasteiger charge is 2.23. The topological polar surface area (TPSA) is 47.0 Å². The number of amides is 1. The van der Waals surface area contributed by atoms with Gasteiger partial charge in [0.1, 0.15) is 0 Å². The average molecular weight is 257 g/mol. The predicted octanol–water partition coefficient (Wildman–Crippen LogP) is -0.147. The molecule has 1 fully saturated rings. The number of hydrogen-bond donors (Lipinski definition) is 1. The molecule has 18 heavy (non-hydrogen) atoms. The van der Waals surface area contributed by atoms with Crippen LogP contribution in [0.1, 0.15) is 20.8 Å². The monoisotopic (exact) mass is 257 g/mol. The third-order valence-electron chi connectivity index (χ3n) is 3.33. The Morgan fingerprint density at radius 2 is 1.72 bits per heavy atom. The lowest BCUT2D eigenvalue weighted by molar-refractivity contribution is -0.131. The largest absolute Gasteiger partial charge is 0.389 e. The van der Waals surface area contributed by atoms with Gasteiger partial charge in [0, 0.05) is 46.3 Å². The van der Waals surface area contributed by atoms with Crippen LogP contribution in [0.15, 0.2) is 0 Å². The normalized spacial score (nSPS) is 18.9. The summed E-state index contributed by atoms with van der Waals surface area (Å²) in [5, 5.41) is 9.77. The molecule has 5 heteroatoms. The number of rotatable bonds is 5. The summed E-state index contributed by atoms with van der Waals surface area (Å²) >= 11 is 0. The van der Waals surface area contributed by atoms with Gasteiger partial charge in [-0.25, -0.2) is 0 Å². The zero-order valence-electron chi connectivity index (χ0n) is 12.1. The molecule has 0 aromatic rings. The quantitative estimate of drug-likeness (QED) is 0.744. The summed E-state index contributed by atoms with van der Waals surface area (Å²) in [7, 11) is 1.84. The van der Waals surface area contributed by atoms with Gasteiger partial charge in [-0.3, -0.25) is 14.6 Å². The molecule has 0 bridgehead atoms. The maximum absolute atomic E-state index is 11.8. The van der Waals surface area contributed by atoms with Crippen LogP contribution >= 0.6 is 0 Å². The minimum absolute atomic E-state index is 0.188. The van der Waals surface area contributed by atoms with Crippen molar-refractivity contribution in [1.82, 2.24) is 14.7 Å². The van der Waals surface area contributed by atoms with E-state index in [2.05, 4.69) is 9.80 Å². The van der Waals surface area contributed by atoms with Crippen molar-refractivity contribution in [1.29, 1.82) is 0 Å². The first-order chi connectivity index (χ1) is 8.31. The summed E-state index contributed by atoms with van der Waals surface area (Å²) < 4.78 is 0. The SMILES string of the molecule is CCN(C)C(=O)CN1CCN(CC(C)(C)O)CC1. The Labute approximate surface area is 110 Å². The third-order valence-corrected chi connectivity index (χ3v) is 3.33. The van der Waals surface area contributed by atoms with Gasteiger partial charge >= 0.3 is 0 Å². The molecule has 1 aliphatic rings. The lowest BCUT2D eigenvalue weighted by Crippen LogP contribution is -2.52. The molecule has 0 atom stereocenters. The van der Waals surface area contributed by atoms with Crippen LogP contribution in [0.2, 0.25) is 0 Å². The van der Waals surface area contributed by atoms with Gasteiger partial charge in [0.25, 0.3) is 0 Å². The van der Waals surface area contributed by atoms with E-state index in [1.54, 1.807) is 4.90 Å². The van der Waals surface area contributed by atoms with Crippen molar-refractivity contribution in [3.8, 4) is 0 Å². The van der Waals surface area contributed by atoms with Crippen molar-refractivity contribution < 1.29 is 9.90 Å². The Morgan fingerprint density at radius 1 is 1.22 bits per heavy atom. The molecule has 0 unspecified atom stereocenters. The molecular weight excluding hydrogens is 230 g/mol. The molecule has 1 amide bonds. The molecule has 1 rings (SSSR count). The highest BCUT2D eigenvalue weighted by atomic mass is 16.3. The lowest BCUT2D eigenvalue weighted by Gasteiger charge is -2.37.